The molecule has 2 aliphatic heterocycles. The van der Waals surface area contributed by atoms with Gasteiger partial charge in [-0.2, -0.15) is 0 Å². The van der Waals surface area contributed by atoms with Crippen molar-refractivity contribution in [2.24, 2.45) is 5.92 Å². The molecule has 4 rings (SSSR count). The van der Waals surface area contributed by atoms with Gasteiger partial charge in [0.15, 0.2) is 0 Å². The van der Waals surface area contributed by atoms with Gasteiger partial charge in [-0.05, 0) is 55.5 Å². The van der Waals surface area contributed by atoms with Gasteiger partial charge in [0.05, 0.1) is 25.9 Å². The van der Waals surface area contributed by atoms with Crippen molar-refractivity contribution in [1.29, 1.82) is 0 Å². The van der Waals surface area contributed by atoms with E-state index in [1.54, 1.807) is 35.5 Å². The summed E-state index contributed by atoms with van der Waals surface area (Å²) >= 11 is 0. The lowest BCUT2D eigenvalue weighted by atomic mass is 9.79. The number of phenolic OH excluding ortho intramolecular Hbond substituents is 1. The van der Waals surface area contributed by atoms with Gasteiger partial charge >= 0.3 is 0 Å². The molecular weight excluding hydrogens is 344 g/mol. The zero-order valence-electron chi connectivity index (χ0n) is 15.2. The number of phenols is 1. The summed E-state index contributed by atoms with van der Waals surface area (Å²) in [6, 6.07) is 10.3. The molecule has 1 unspecified atom stereocenters. The van der Waals surface area contributed by atoms with Gasteiger partial charge in [-0.1, -0.05) is 6.07 Å². The molecule has 1 atom stereocenters. The highest BCUT2D eigenvalue weighted by Gasteiger charge is 2.49. The lowest BCUT2D eigenvalue weighted by molar-refractivity contribution is -0.166. The summed E-state index contributed by atoms with van der Waals surface area (Å²) in [5.41, 5.74) is 0.297. The maximum Gasteiger partial charge on any atom is 0.254 e. The Morgan fingerprint density at radius 2 is 2.22 bits per heavy atom. The summed E-state index contributed by atoms with van der Waals surface area (Å²) in [7, 11) is 0. The molecule has 2 aliphatic rings. The molecule has 6 heteroatoms. The molecule has 1 amide bonds. The third-order valence-electron chi connectivity index (χ3n) is 5.36. The SMILES string of the molecule is O=C(c1cccc(O)c1)N1CC2(CC(CCOc3cccnc3)CCO2)C1. The third-order valence-corrected chi connectivity index (χ3v) is 5.36. The van der Waals surface area contributed by atoms with E-state index in [1.165, 1.54) is 6.07 Å². The molecule has 1 aromatic heterocycles. The Kier molecular flexibility index (Phi) is 4.99. The van der Waals surface area contributed by atoms with Crippen molar-refractivity contribution in [3.63, 3.8) is 0 Å². The monoisotopic (exact) mass is 368 g/mol. The van der Waals surface area contributed by atoms with Crippen LogP contribution in [0.4, 0.5) is 0 Å². The van der Waals surface area contributed by atoms with Crippen LogP contribution < -0.4 is 4.74 Å². The Balaban J connectivity index is 1.27. The van der Waals surface area contributed by atoms with E-state index < -0.39 is 0 Å². The van der Waals surface area contributed by atoms with Gasteiger partial charge in [-0.3, -0.25) is 9.78 Å². The second kappa shape index (κ2) is 7.56. The fourth-order valence-corrected chi connectivity index (χ4v) is 3.99. The number of nitrogens with zero attached hydrogens (tertiary/aromatic N) is 2. The Labute approximate surface area is 158 Å². The van der Waals surface area contributed by atoms with Gasteiger partial charge in [0, 0.05) is 18.4 Å². The Morgan fingerprint density at radius 3 is 3.00 bits per heavy atom. The molecule has 0 saturated carbocycles. The highest BCUT2D eigenvalue weighted by Crippen LogP contribution is 2.38. The lowest BCUT2D eigenvalue weighted by Gasteiger charge is -2.53. The van der Waals surface area contributed by atoms with E-state index in [0.717, 1.165) is 31.6 Å². The molecule has 6 nitrogen and oxygen atoms in total. The first-order valence-corrected chi connectivity index (χ1v) is 9.39. The van der Waals surface area contributed by atoms with Gasteiger partial charge < -0.3 is 19.5 Å². The number of carbonyl (C=O) groups is 1. The van der Waals surface area contributed by atoms with Crippen LogP contribution in [0.1, 0.15) is 29.6 Å². The second-order valence-electron chi connectivity index (χ2n) is 7.43. The number of likely N-dealkylation sites (tertiary alicyclic amines) is 1. The smallest absolute Gasteiger partial charge is 0.254 e. The van der Waals surface area contributed by atoms with Crippen LogP contribution in [0.25, 0.3) is 0 Å². The zero-order chi connectivity index (χ0) is 18.7. The van der Waals surface area contributed by atoms with Gasteiger partial charge in [0.1, 0.15) is 17.1 Å². The van der Waals surface area contributed by atoms with E-state index in [2.05, 4.69) is 4.98 Å². The van der Waals surface area contributed by atoms with Crippen LogP contribution in [0.15, 0.2) is 48.8 Å². The van der Waals surface area contributed by atoms with Gasteiger partial charge in [-0.15, -0.1) is 0 Å². The molecule has 1 spiro atoms. The van der Waals surface area contributed by atoms with E-state index in [-0.39, 0.29) is 17.3 Å². The normalized spacial score (nSPS) is 20.9. The van der Waals surface area contributed by atoms with E-state index in [0.29, 0.717) is 31.2 Å². The Hall–Kier alpha value is -2.60. The van der Waals surface area contributed by atoms with Crippen molar-refractivity contribution >= 4 is 5.91 Å². The van der Waals surface area contributed by atoms with Crippen molar-refractivity contribution < 1.29 is 19.4 Å². The average Bonchev–Trinajstić information content (AvgIpc) is 2.66. The number of ether oxygens (including phenoxy) is 2. The highest BCUT2D eigenvalue weighted by molar-refractivity contribution is 5.95. The van der Waals surface area contributed by atoms with Crippen LogP contribution in [0, 0.1) is 5.92 Å². The summed E-state index contributed by atoms with van der Waals surface area (Å²) in [6.07, 6.45) is 6.41. The van der Waals surface area contributed by atoms with E-state index in [1.807, 2.05) is 12.1 Å². The molecule has 3 heterocycles. The maximum atomic E-state index is 12.5. The second-order valence-corrected chi connectivity index (χ2v) is 7.43. The van der Waals surface area contributed by atoms with Crippen molar-refractivity contribution in [2.45, 2.75) is 24.9 Å². The fourth-order valence-electron chi connectivity index (χ4n) is 3.99. The molecule has 0 bridgehead atoms. The quantitative estimate of drug-likeness (QED) is 0.879. The number of pyridine rings is 1. The van der Waals surface area contributed by atoms with Crippen LogP contribution in [0.3, 0.4) is 0 Å². The van der Waals surface area contributed by atoms with Crippen molar-refractivity contribution in [1.82, 2.24) is 9.88 Å². The number of aromatic hydroxyl groups is 1. The molecule has 1 aromatic carbocycles. The number of hydrogen-bond donors (Lipinski definition) is 1. The van der Waals surface area contributed by atoms with Crippen molar-refractivity contribution in [3.05, 3.63) is 54.4 Å². The number of amides is 1. The number of hydrogen-bond acceptors (Lipinski definition) is 5. The van der Waals surface area contributed by atoms with Crippen LogP contribution >= 0.6 is 0 Å². The number of carbonyl (C=O) groups excluding carboxylic acids is 1. The largest absolute Gasteiger partial charge is 0.508 e. The highest BCUT2D eigenvalue weighted by atomic mass is 16.5. The van der Waals surface area contributed by atoms with Gasteiger partial charge in [0.2, 0.25) is 0 Å². The average molecular weight is 368 g/mol. The number of rotatable bonds is 5. The van der Waals surface area contributed by atoms with Crippen molar-refractivity contribution in [2.75, 3.05) is 26.3 Å². The minimum absolute atomic E-state index is 0.0536. The molecule has 2 saturated heterocycles. The Morgan fingerprint density at radius 1 is 1.33 bits per heavy atom. The standard InChI is InChI=1S/C21H24N2O4/c24-18-4-1-3-17(11-18)20(25)23-14-21(15-23)12-16(7-10-27-21)6-9-26-19-5-2-8-22-13-19/h1-5,8,11,13,16,24H,6-7,9-10,12,14-15H2. The van der Waals surface area contributed by atoms with Crippen LogP contribution in [-0.4, -0.2) is 52.8 Å². The summed E-state index contributed by atoms with van der Waals surface area (Å²) in [4.78, 5) is 18.4. The summed E-state index contributed by atoms with van der Waals surface area (Å²) in [5.74, 6) is 1.39. The van der Waals surface area contributed by atoms with E-state index in [4.69, 9.17) is 9.47 Å². The minimum Gasteiger partial charge on any atom is -0.508 e. The van der Waals surface area contributed by atoms with Crippen LogP contribution in [-0.2, 0) is 4.74 Å². The molecule has 0 aliphatic carbocycles. The topological polar surface area (TPSA) is 71.9 Å². The first kappa shape index (κ1) is 17.8. The number of aromatic nitrogens is 1. The summed E-state index contributed by atoms with van der Waals surface area (Å²) < 4.78 is 11.8. The third kappa shape index (κ3) is 4.06. The first-order valence-electron chi connectivity index (χ1n) is 9.39. The fraction of sp³-hybridized carbons (Fsp3) is 0.429. The molecular formula is C21H24N2O4. The predicted octanol–water partition coefficient (Wildman–Crippen LogP) is 2.88. The van der Waals surface area contributed by atoms with Crippen LogP contribution in [0.5, 0.6) is 11.5 Å². The van der Waals surface area contributed by atoms with Crippen molar-refractivity contribution in [3.8, 4) is 11.5 Å². The minimum atomic E-state index is -0.219. The Bertz CT molecular complexity index is 790. The lowest BCUT2D eigenvalue weighted by Crippen LogP contribution is -2.66. The molecule has 27 heavy (non-hydrogen) atoms. The van der Waals surface area contributed by atoms with E-state index in [9.17, 15) is 9.90 Å². The van der Waals surface area contributed by atoms with E-state index >= 15 is 0 Å². The van der Waals surface area contributed by atoms with Gasteiger partial charge in [0.25, 0.3) is 5.91 Å². The van der Waals surface area contributed by atoms with Crippen LogP contribution in [0.2, 0.25) is 0 Å². The maximum absolute atomic E-state index is 12.5. The molecule has 2 aromatic rings. The molecule has 1 N–H and O–H groups in total. The number of benzene rings is 1. The first-order chi connectivity index (χ1) is 13.1. The summed E-state index contributed by atoms with van der Waals surface area (Å²) in [5, 5.41) is 9.56. The predicted molar refractivity (Wildman–Crippen MR) is 99.8 cm³/mol. The molecule has 2 fully saturated rings. The zero-order valence-corrected chi connectivity index (χ0v) is 15.2. The molecule has 142 valence electrons. The summed E-state index contributed by atoms with van der Waals surface area (Å²) in [6.45, 7) is 2.62. The molecule has 0 radical (unpaired) electrons. The van der Waals surface area contributed by atoms with Gasteiger partial charge in [-0.25, -0.2) is 0 Å².